The van der Waals surface area contributed by atoms with E-state index in [9.17, 15) is 4.39 Å². The van der Waals surface area contributed by atoms with Crippen LogP contribution in [-0.4, -0.2) is 5.33 Å². The molecule has 1 aliphatic rings. The fraction of sp³-hybridized carbons (Fsp3) is 0.538. The van der Waals surface area contributed by atoms with Crippen molar-refractivity contribution in [2.24, 2.45) is 11.3 Å². The first kappa shape index (κ1) is 12.6. The summed E-state index contributed by atoms with van der Waals surface area (Å²) in [5, 5.41) is 0.945. The number of halogens is 3. The lowest BCUT2D eigenvalue weighted by molar-refractivity contribution is 0.314. The summed E-state index contributed by atoms with van der Waals surface area (Å²) in [7, 11) is 0. The second-order valence-corrected chi connectivity index (χ2v) is 6.45. The highest BCUT2D eigenvalue weighted by molar-refractivity contribution is 9.10. The predicted molar refractivity (Wildman–Crippen MR) is 72.4 cm³/mol. The van der Waals surface area contributed by atoms with Crippen molar-refractivity contribution in [1.29, 1.82) is 0 Å². The normalized spacial score (nSPS) is 19.5. The SMILES string of the molecule is CC(CBr)(Cc1ccc(Br)cc1F)C1CC1. The summed E-state index contributed by atoms with van der Waals surface area (Å²) < 4.78 is 14.6. The Hall–Kier alpha value is 0.110. The van der Waals surface area contributed by atoms with Crippen LogP contribution in [0.5, 0.6) is 0 Å². The Morgan fingerprint density at radius 1 is 1.44 bits per heavy atom. The smallest absolute Gasteiger partial charge is 0.127 e. The van der Waals surface area contributed by atoms with E-state index in [1.54, 1.807) is 6.07 Å². The first-order valence-corrected chi connectivity index (χ1v) is 7.46. The largest absolute Gasteiger partial charge is 0.207 e. The van der Waals surface area contributed by atoms with Crippen molar-refractivity contribution >= 4 is 31.9 Å². The first-order chi connectivity index (χ1) is 7.55. The maximum atomic E-state index is 13.8. The molecular formula is C13H15Br2F. The molecule has 0 nitrogen and oxygen atoms in total. The van der Waals surface area contributed by atoms with Crippen LogP contribution in [0.1, 0.15) is 25.3 Å². The highest BCUT2D eigenvalue weighted by Crippen LogP contribution is 2.48. The molecule has 0 saturated heterocycles. The van der Waals surface area contributed by atoms with Gasteiger partial charge in [-0.1, -0.05) is 44.8 Å². The van der Waals surface area contributed by atoms with E-state index in [0.29, 0.717) is 0 Å². The Labute approximate surface area is 113 Å². The van der Waals surface area contributed by atoms with Crippen LogP contribution in [0.4, 0.5) is 4.39 Å². The monoisotopic (exact) mass is 348 g/mol. The Morgan fingerprint density at radius 2 is 2.12 bits per heavy atom. The summed E-state index contributed by atoms with van der Waals surface area (Å²) in [6.07, 6.45) is 3.41. The van der Waals surface area contributed by atoms with Crippen LogP contribution in [0.2, 0.25) is 0 Å². The van der Waals surface area contributed by atoms with Crippen molar-refractivity contribution in [3.8, 4) is 0 Å². The van der Waals surface area contributed by atoms with Gasteiger partial charge < -0.3 is 0 Å². The molecule has 1 fully saturated rings. The van der Waals surface area contributed by atoms with Gasteiger partial charge in [-0.3, -0.25) is 0 Å². The number of alkyl halides is 1. The van der Waals surface area contributed by atoms with Crippen LogP contribution in [0, 0.1) is 17.2 Å². The zero-order valence-electron chi connectivity index (χ0n) is 9.27. The van der Waals surface area contributed by atoms with Gasteiger partial charge in [0.25, 0.3) is 0 Å². The van der Waals surface area contributed by atoms with Gasteiger partial charge in [0.05, 0.1) is 0 Å². The molecule has 0 N–H and O–H groups in total. The lowest BCUT2D eigenvalue weighted by atomic mass is 9.81. The average molecular weight is 350 g/mol. The zero-order chi connectivity index (χ0) is 11.8. The molecule has 3 heteroatoms. The Kier molecular flexibility index (Phi) is 3.75. The third-order valence-electron chi connectivity index (χ3n) is 3.48. The van der Waals surface area contributed by atoms with E-state index in [-0.39, 0.29) is 11.2 Å². The average Bonchev–Trinajstić information content (AvgIpc) is 3.06. The molecular weight excluding hydrogens is 335 g/mol. The number of benzene rings is 1. The summed E-state index contributed by atoms with van der Waals surface area (Å²) in [6, 6.07) is 5.36. The number of hydrogen-bond donors (Lipinski definition) is 0. The topological polar surface area (TPSA) is 0 Å². The molecule has 0 spiro atoms. The van der Waals surface area contributed by atoms with Crippen molar-refractivity contribution in [2.45, 2.75) is 26.2 Å². The third kappa shape index (κ3) is 2.67. The fourth-order valence-electron chi connectivity index (χ4n) is 2.18. The maximum Gasteiger partial charge on any atom is 0.127 e. The highest BCUT2D eigenvalue weighted by Gasteiger charge is 2.40. The van der Waals surface area contributed by atoms with Gasteiger partial charge in [-0.15, -0.1) is 0 Å². The summed E-state index contributed by atoms with van der Waals surface area (Å²) in [5.74, 6) is 0.664. The zero-order valence-corrected chi connectivity index (χ0v) is 12.4. The van der Waals surface area contributed by atoms with Gasteiger partial charge in [-0.25, -0.2) is 4.39 Å². The molecule has 0 heterocycles. The molecule has 0 aromatic heterocycles. The van der Waals surface area contributed by atoms with Crippen LogP contribution in [0.15, 0.2) is 22.7 Å². The molecule has 1 unspecified atom stereocenters. The van der Waals surface area contributed by atoms with Crippen LogP contribution < -0.4 is 0 Å². The van der Waals surface area contributed by atoms with Crippen LogP contribution in [-0.2, 0) is 6.42 Å². The van der Waals surface area contributed by atoms with Crippen molar-refractivity contribution in [3.63, 3.8) is 0 Å². The summed E-state index contributed by atoms with van der Waals surface area (Å²) in [6.45, 7) is 2.25. The molecule has 88 valence electrons. The molecule has 1 saturated carbocycles. The van der Waals surface area contributed by atoms with Gasteiger partial charge in [0.1, 0.15) is 5.82 Å². The van der Waals surface area contributed by atoms with Crippen molar-refractivity contribution < 1.29 is 4.39 Å². The number of rotatable bonds is 4. The van der Waals surface area contributed by atoms with Crippen molar-refractivity contribution in [3.05, 3.63) is 34.1 Å². The van der Waals surface area contributed by atoms with Crippen molar-refractivity contribution in [1.82, 2.24) is 0 Å². The molecule has 1 aromatic rings. The minimum absolute atomic E-state index is 0.0952. The van der Waals surface area contributed by atoms with Crippen LogP contribution in [0.3, 0.4) is 0 Å². The van der Waals surface area contributed by atoms with Gasteiger partial charge >= 0.3 is 0 Å². The van der Waals surface area contributed by atoms with Gasteiger partial charge in [-0.2, -0.15) is 0 Å². The molecule has 0 radical (unpaired) electrons. The number of hydrogen-bond acceptors (Lipinski definition) is 0. The minimum Gasteiger partial charge on any atom is -0.207 e. The quantitative estimate of drug-likeness (QED) is 0.675. The summed E-state index contributed by atoms with van der Waals surface area (Å²) in [4.78, 5) is 0. The lowest BCUT2D eigenvalue weighted by Gasteiger charge is -2.27. The molecule has 0 aliphatic heterocycles. The summed E-state index contributed by atoms with van der Waals surface area (Å²) in [5.41, 5.74) is 1.03. The second kappa shape index (κ2) is 4.77. The van der Waals surface area contributed by atoms with E-state index < -0.39 is 0 Å². The van der Waals surface area contributed by atoms with Crippen LogP contribution >= 0.6 is 31.9 Å². The van der Waals surface area contributed by atoms with E-state index in [4.69, 9.17) is 0 Å². The van der Waals surface area contributed by atoms with E-state index >= 15 is 0 Å². The Bertz CT molecular complexity index is 388. The van der Waals surface area contributed by atoms with E-state index in [1.165, 1.54) is 12.8 Å². The minimum atomic E-state index is -0.0952. The standard InChI is InChI=1S/C13H15Br2F/c1-13(8-14,10-3-4-10)7-9-2-5-11(15)6-12(9)16/h2,5-6,10H,3-4,7-8H2,1H3. The predicted octanol–water partition coefficient (Wildman–Crippen LogP) is 4.94. The van der Waals surface area contributed by atoms with E-state index in [2.05, 4.69) is 38.8 Å². The van der Waals surface area contributed by atoms with E-state index in [1.807, 2.05) is 12.1 Å². The molecule has 0 bridgehead atoms. The molecule has 1 aromatic carbocycles. The van der Waals surface area contributed by atoms with Gasteiger partial charge in [-0.05, 0) is 48.3 Å². The van der Waals surface area contributed by atoms with Gasteiger partial charge in [0.15, 0.2) is 0 Å². The third-order valence-corrected chi connectivity index (χ3v) is 5.25. The first-order valence-electron chi connectivity index (χ1n) is 5.55. The molecule has 1 atom stereocenters. The van der Waals surface area contributed by atoms with Gasteiger partial charge in [0, 0.05) is 9.80 Å². The van der Waals surface area contributed by atoms with E-state index in [0.717, 1.165) is 27.7 Å². The Balaban J connectivity index is 2.18. The molecule has 16 heavy (non-hydrogen) atoms. The summed E-state index contributed by atoms with van der Waals surface area (Å²) >= 11 is 6.86. The fourth-order valence-corrected chi connectivity index (χ4v) is 3.17. The lowest BCUT2D eigenvalue weighted by Crippen LogP contribution is -2.24. The maximum absolute atomic E-state index is 13.8. The van der Waals surface area contributed by atoms with Gasteiger partial charge in [0.2, 0.25) is 0 Å². The Morgan fingerprint density at radius 3 is 2.62 bits per heavy atom. The molecule has 0 amide bonds. The molecule has 1 aliphatic carbocycles. The highest BCUT2D eigenvalue weighted by atomic mass is 79.9. The molecule has 2 rings (SSSR count). The van der Waals surface area contributed by atoms with Crippen LogP contribution in [0.25, 0.3) is 0 Å². The van der Waals surface area contributed by atoms with Crippen molar-refractivity contribution in [2.75, 3.05) is 5.33 Å². The second-order valence-electron chi connectivity index (χ2n) is 4.97.